The Kier molecular flexibility index (Phi) is 5.44. The third-order valence-electron chi connectivity index (χ3n) is 7.27. The highest BCUT2D eigenvalue weighted by Crippen LogP contribution is 2.52. The molecule has 2 fully saturated rings. The van der Waals surface area contributed by atoms with Gasteiger partial charge in [0, 0.05) is 0 Å². The first-order valence-corrected chi connectivity index (χ1v) is 12.4. The van der Waals surface area contributed by atoms with Crippen LogP contribution < -0.4 is 9.47 Å². The van der Waals surface area contributed by atoms with Crippen LogP contribution in [0.5, 0.6) is 11.5 Å². The molecule has 0 aromatic heterocycles. The minimum atomic E-state index is -0.263. The van der Waals surface area contributed by atoms with Crippen molar-refractivity contribution in [3.8, 4) is 11.5 Å². The van der Waals surface area contributed by atoms with Crippen molar-refractivity contribution in [3.05, 3.63) is 82.3 Å². The highest BCUT2D eigenvalue weighted by molar-refractivity contribution is 9.10. The molecule has 6 rings (SSSR count). The van der Waals surface area contributed by atoms with Gasteiger partial charge in [0.1, 0.15) is 6.61 Å². The van der Waals surface area contributed by atoms with E-state index in [1.165, 1.54) is 6.21 Å². The van der Waals surface area contributed by atoms with Gasteiger partial charge in [0.25, 0.3) is 11.8 Å². The van der Waals surface area contributed by atoms with Gasteiger partial charge in [0.2, 0.25) is 0 Å². The molecule has 6 nitrogen and oxygen atoms in total. The lowest BCUT2D eigenvalue weighted by Crippen LogP contribution is -2.28. The molecule has 35 heavy (non-hydrogen) atoms. The Labute approximate surface area is 211 Å². The minimum Gasteiger partial charge on any atom is -0.493 e. The maximum absolute atomic E-state index is 12.9. The number of rotatable bonds is 6. The molecular formula is C28H23BrN2O4. The first-order chi connectivity index (χ1) is 17.0. The summed E-state index contributed by atoms with van der Waals surface area (Å²) in [6, 6.07) is 17.9. The second-order valence-corrected chi connectivity index (χ2v) is 10.0. The Morgan fingerprint density at radius 2 is 1.74 bits per heavy atom. The van der Waals surface area contributed by atoms with Gasteiger partial charge in [0.15, 0.2) is 11.5 Å². The topological polar surface area (TPSA) is 68.2 Å². The van der Waals surface area contributed by atoms with E-state index in [1.54, 1.807) is 13.2 Å². The van der Waals surface area contributed by atoms with Crippen LogP contribution in [0.25, 0.3) is 10.8 Å². The summed E-state index contributed by atoms with van der Waals surface area (Å²) in [5.74, 6) is 0.496. The predicted octanol–water partition coefficient (Wildman–Crippen LogP) is 5.33. The monoisotopic (exact) mass is 530 g/mol. The Morgan fingerprint density at radius 1 is 1.03 bits per heavy atom. The average molecular weight is 531 g/mol. The SMILES string of the molecule is COc1cc(/C=N\N2C(=O)[C@H]3[C@H](C2=O)[C@H]2C=C[C@H]3C2)cc(Br)c1OCc1cccc2ccccc12. The molecule has 3 aromatic carbocycles. The van der Waals surface area contributed by atoms with Crippen LogP contribution in [0.1, 0.15) is 17.5 Å². The second kappa shape index (κ2) is 8.64. The van der Waals surface area contributed by atoms with E-state index in [-0.39, 0.29) is 35.5 Å². The highest BCUT2D eigenvalue weighted by Gasteiger charge is 2.59. The van der Waals surface area contributed by atoms with Crippen molar-refractivity contribution in [2.24, 2.45) is 28.8 Å². The standard InChI is InChI=1S/C28H23BrN2O4/c1-34-23-12-16(14-30-31-27(32)24-18-9-10-19(13-18)25(24)28(31)33)11-22(29)26(23)35-15-20-7-4-6-17-5-2-3-8-21(17)20/h2-12,14,18-19,24-25H,13,15H2,1H3/b30-14-/t18-,19-,24+,25+/m0/s1. The zero-order chi connectivity index (χ0) is 24.1. The molecule has 7 heteroatoms. The summed E-state index contributed by atoms with van der Waals surface area (Å²) < 4.78 is 12.4. The third kappa shape index (κ3) is 3.65. The fraction of sp³-hybridized carbons (Fsp3) is 0.250. The fourth-order valence-electron chi connectivity index (χ4n) is 5.65. The molecule has 1 saturated carbocycles. The van der Waals surface area contributed by atoms with E-state index in [2.05, 4.69) is 51.4 Å². The van der Waals surface area contributed by atoms with Gasteiger partial charge in [0.05, 0.1) is 29.6 Å². The highest BCUT2D eigenvalue weighted by atomic mass is 79.9. The number of hydrogen-bond donors (Lipinski definition) is 0. The van der Waals surface area contributed by atoms with Gasteiger partial charge < -0.3 is 9.47 Å². The number of ether oxygens (including phenoxy) is 2. The number of methoxy groups -OCH3 is 1. The lowest BCUT2D eigenvalue weighted by atomic mass is 9.85. The van der Waals surface area contributed by atoms with Gasteiger partial charge in [-0.25, -0.2) is 0 Å². The van der Waals surface area contributed by atoms with E-state index in [0.29, 0.717) is 28.1 Å². The van der Waals surface area contributed by atoms with Gasteiger partial charge in [-0.1, -0.05) is 54.6 Å². The molecule has 0 unspecified atom stereocenters. The van der Waals surface area contributed by atoms with Crippen LogP contribution in [0.3, 0.4) is 0 Å². The number of amides is 2. The summed E-state index contributed by atoms with van der Waals surface area (Å²) in [6.45, 7) is 0.375. The number of carbonyl (C=O) groups is 2. The summed E-state index contributed by atoms with van der Waals surface area (Å²) in [5, 5.41) is 7.62. The molecule has 176 valence electrons. The van der Waals surface area contributed by atoms with Crippen molar-refractivity contribution >= 4 is 44.7 Å². The number of hydrazone groups is 1. The molecule has 0 N–H and O–H groups in total. The van der Waals surface area contributed by atoms with Crippen LogP contribution in [0.15, 0.2) is 76.3 Å². The average Bonchev–Trinajstić information content (AvgIpc) is 3.56. The molecule has 2 bridgehead atoms. The molecule has 2 amide bonds. The van der Waals surface area contributed by atoms with Gasteiger partial charge in [-0.3, -0.25) is 9.59 Å². The number of fused-ring (bicyclic) bond motifs is 6. The quantitative estimate of drug-likeness (QED) is 0.245. The van der Waals surface area contributed by atoms with Crippen LogP contribution in [-0.2, 0) is 16.2 Å². The van der Waals surface area contributed by atoms with Crippen molar-refractivity contribution in [3.63, 3.8) is 0 Å². The van der Waals surface area contributed by atoms with E-state index in [9.17, 15) is 9.59 Å². The van der Waals surface area contributed by atoms with E-state index < -0.39 is 0 Å². The van der Waals surface area contributed by atoms with Crippen LogP contribution >= 0.6 is 15.9 Å². The summed E-state index contributed by atoms with van der Waals surface area (Å²) in [7, 11) is 1.57. The summed E-state index contributed by atoms with van der Waals surface area (Å²) in [4.78, 5) is 25.7. The largest absolute Gasteiger partial charge is 0.493 e. The molecule has 1 aliphatic heterocycles. The first-order valence-electron chi connectivity index (χ1n) is 11.6. The van der Waals surface area contributed by atoms with Crippen molar-refractivity contribution < 1.29 is 19.1 Å². The number of nitrogens with zero attached hydrogens (tertiary/aromatic N) is 2. The molecule has 1 heterocycles. The molecular weight excluding hydrogens is 508 g/mol. The third-order valence-corrected chi connectivity index (χ3v) is 7.86. The van der Waals surface area contributed by atoms with E-state index in [4.69, 9.17) is 9.47 Å². The molecule has 4 atom stereocenters. The van der Waals surface area contributed by atoms with Crippen LogP contribution in [0.4, 0.5) is 0 Å². The summed E-state index contributed by atoms with van der Waals surface area (Å²) >= 11 is 3.58. The van der Waals surface area contributed by atoms with Gasteiger partial charge >= 0.3 is 0 Å². The maximum atomic E-state index is 12.9. The molecule has 0 radical (unpaired) electrons. The first kappa shape index (κ1) is 22.0. The molecule has 3 aliphatic rings. The Hall–Kier alpha value is -3.45. The number of imide groups is 1. The lowest BCUT2D eigenvalue weighted by Gasteiger charge is -2.15. The van der Waals surface area contributed by atoms with Crippen LogP contribution in [-0.4, -0.2) is 30.1 Å². The summed E-state index contributed by atoms with van der Waals surface area (Å²) in [6.07, 6.45) is 6.56. The number of allylic oxidation sites excluding steroid dienone is 2. The predicted molar refractivity (Wildman–Crippen MR) is 136 cm³/mol. The van der Waals surface area contributed by atoms with Crippen molar-refractivity contribution in [2.75, 3.05) is 7.11 Å². The van der Waals surface area contributed by atoms with E-state index >= 15 is 0 Å². The fourth-order valence-corrected chi connectivity index (χ4v) is 6.22. The van der Waals surface area contributed by atoms with E-state index in [1.807, 2.05) is 30.3 Å². The van der Waals surface area contributed by atoms with Gasteiger partial charge in [-0.2, -0.15) is 10.1 Å². The smallest absolute Gasteiger partial charge is 0.254 e. The van der Waals surface area contributed by atoms with Crippen molar-refractivity contribution in [1.82, 2.24) is 5.01 Å². The normalized spacial score (nSPS) is 24.7. The number of benzene rings is 3. The zero-order valence-corrected chi connectivity index (χ0v) is 20.6. The van der Waals surface area contributed by atoms with Crippen LogP contribution in [0, 0.1) is 23.7 Å². The van der Waals surface area contributed by atoms with Crippen LogP contribution in [0.2, 0.25) is 0 Å². The molecule has 1 saturated heterocycles. The minimum absolute atomic E-state index is 0.161. The molecule has 0 spiro atoms. The van der Waals surface area contributed by atoms with E-state index in [0.717, 1.165) is 27.8 Å². The lowest BCUT2D eigenvalue weighted by molar-refractivity contribution is -0.140. The molecule has 2 aliphatic carbocycles. The van der Waals surface area contributed by atoms with Gasteiger partial charge in [-0.05, 0) is 68.2 Å². The van der Waals surface area contributed by atoms with Crippen molar-refractivity contribution in [2.45, 2.75) is 13.0 Å². The van der Waals surface area contributed by atoms with Gasteiger partial charge in [-0.15, -0.1) is 0 Å². The molecule has 3 aromatic rings. The zero-order valence-electron chi connectivity index (χ0n) is 19.1. The Bertz CT molecular complexity index is 1380. The number of halogens is 1. The maximum Gasteiger partial charge on any atom is 0.254 e. The number of carbonyl (C=O) groups excluding carboxylic acids is 2. The van der Waals surface area contributed by atoms with Crippen molar-refractivity contribution in [1.29, 1.82) is 0 Å². The second-order valence-electron chi connectivity index (χ2n) is 9.19. The Morgan fingerprint density at radius 3 is 2.49 bits per heavy atom. The Balaban J connectivity index is 1.22. The number of hydrogen-bond acceptors (Lipinski definition) is 5. The summed E-state index contributed by atoms with van der Waals surface area (Å²) in [5.41, 5.74) is 1.76.